The largest absolute Gasteiger partial charge is 0.309 e. The van der Waals surface area contributed by atoms with E-state index in [2.05, 4.69) is 229 Å². The van der Waals surface area contributed by atoms with Gasteiger partial charge in [-0.2, -0.15) is 0 Å². The quantitative estimate of drug-likeness (QED) is 0.173. The molecule has 0 radical (unpaired) electrons. The predicted octanol–water partition coefficient (Wildman–Crippen LogP) is 15.8. The van der Waals surface area contributed by atoms with E-state index in [4.69, 9.17) is 0 Å². The van der Waals surface area contributed by atoms with Crippen LogP contribution in [0.2, 0.25) is 0 Å². The minimum Gasteiger partial charge on any atom is -0.309 e. The molecule has 1 spiro atoms. The van der Waals surface area contributed by atoms with E-state index in [0.717, 1.165) is 17.1 Å². The lowest BCUT2D eigenvalue weighted by Gasteiger charge is -2.46. The minimum atomic E-state index is -0.547. The fourth-order valence-corrected chi connectivity index (χ4v) is 11.0. The van der Waals surface area contributed by atoms with E-state index in [9.17, 15) is 0 Å². The van der Waals surface area contributed by atoms with Crippen molar-refractivity contribution < 1.29 is 0 Å². The Morgan fingerprint density at radius 3 is 1.55 bits per heavy atom. The summed E-state index contributed by atoms with van der Waals surface area (Å²) in [5.41, 5.74) is 15.8. The number of hydrogen-bond donors (Lipinski definition) is 0. The number of fused-ring (bicyclic) bond motifs is 10. The standard InChI is InChI=1S/C59H37N/c1-2-16-39(17-3-1)49-36-41-19-4-5-20-42(41)37-56(49)60(54-33-14-21-38-18-6-7-24-43(38)54)55-35-34-53-58-47(28-15-29-48(55)58)45-26-9-11-31-51(45)59(53)50-30-10-8-25-44(50)46-27-12-22-40-23-13-32-52(59)57(40)46/h1-37H. The Morgan fingerprint density at radius 1 is 0.267 bits per heavy atom. The average molecular weight is 760 g/mol. The van der Waals surface area contributed by atoms with Crippen molar-refractivity contribution in [2.24, 2.45) is 0 Å². The van der Waals surface area contributed by atoms with Crippen LogP contribution in [0, 0.1) is 0 Å². The second kappa shape index (κ2) is 12.6. The van der Waals surface area contributed by atoms with Crippen LogP contribution in [0.1, 0.15) is 22.3 Å². The second-order valence-corrected chi connectivity index (χ2v) is 16.3. The van der Waals surface area contributed by atoms with Gasteiger partial charge in [-0.15, -0.1) is 0 Å². The summed E-state index contributed by atoms with van der Waals surface area (Å²) in [5, 5.41) is 9.98. The molecular formula is C59H37N. The van der Waals surface area contributed by atoms with Gasteiger partial charge in [-0.25, -0.2) is 0 Å². The van der Waals surface area contributed by atoms with E-state index >= 15 is 0 Å². The Morgan fingerprint density at radius 2 is 0.767 bits per heavy atom. The summed E-state index contributed by atoms with van der Waals surface area (Å²) < 4.78 is 0. The van der Waals surface area contributed by atoms with Gasteiger partial charge in [0.15, 0.2) is 0 Å². The Labute approximate surface area is 349 Å². The highest BCUT2D eigenvalue weighted by molar-refractivity contribution is 6.16. The topological polar surface area (TPSA) is 3.24 Å². The summed E-state index contributed by atoms with van der Waals surface area (Å²) in [6.07, 6.45) is 0. The summed E-state index contributed by atoms with van der Waals surface area (Å²) in [5.74, 6) is 0. The second-order valence-electron chi connectivity index (χ2n) is 16.3. The molecule has 0 aliphatic heterocycles. The van der Waals surface area contributed by atoms with Crippen LogP contribution >= 0.6 is 0 Å². The molecule has 0 aromatic heterocycles. The number of rotatable bonds is 4. The molecule has 278 valence electrons. The fourth-order valence-electron chi connectivity index (χ4n) is 11.0. The van der Waals surface area contributed by atoms with Gasteiger partial charge >= 0.3 is 0 Å². The van der Waals surface area contributed by atoms with Crippen molar-refractivity contribution in [1.29, 1.82) is 0 Å². The molecule has 1 atom stereocenters. The molecule has 0 heterocycles. The molecule has 0 saturated carbocycles. The third-order valence-corrected chi connectivity index (χ3v) is 13.4. The zero-order valence-electron chi connectivity index (χ0n) is 32.8. The van der Waals surface area contributed by atoms with Crippen molar-refractivity contribution in [1.82, 2.24) is 0 Å². The zero-order valence-corrected chi connectivity index (χ0v) is 32.8. The van der Waals surface area contributed by atoms with Crippen LogP contribution < -0.4 is 4.90 Å². The van der Waals surface area contributed by atoms with Crippen LogP contribution in [-0.4, -0.2) is 0 Å². The number of nitrogens with zero attached hydrogens (tertiary/aromatic N) is 1. The molecule has 2 aliphatic rings. The van der Waals surface area contributed by atoms with E-state index in [-0.39, 0.29) is 0 Å². The normalized spacial score (nSPS) is 14.7. The van der Waals surface area contributed by atoms with Crippen LogP contribution in [-0.2, 0) is 5.41 Å². The Balaban J connectivity index is 1.20. The number of anilines is 3. The summed E-state index contributed by atoms with van der Waals surface area (Å²) in [6, 6.07) is 84.0. The maximum absolute atomic E-state index is 2.55. The van der Waals surface area contributed by atoms with Gasteiger partial charge in [0.25, 0.3) is 0 Å². The molecular weight excluding hydrogens is 723 g/mol. The van der Waals surface area contributed by atoms with E-state index < -0.39 is 5.41 Å². The molecule has 11 aromatic rings. The third-order valence-electron chi connectivity index (χ3n) is 13.4. The summed E-state index contributed by atoms with van der Waals surface area (Å²) >= 11 is 0. The van der Waals surface area contributed by atoms with Gasteiger partial charge in [0.05, 0.1) is 22.5 Å². The Kier molecular flexibility index (Phi) is 7.00. The van der Waals surface area contributed by atoms with E-state index in [1.807, 2.05) is 0 Å². The molecule has 11 aromatic carbocycles. The molecule has 1 heteroatoms. The van der Waals surface area contributed by atoms with Gasteiger partial charge in [0.1, 0.15) is 0 Å². The highest BCUT2D eigenvalue weighted by Gasteiger charge is 2.48. The molecule has 1 unspecified atom stereocenters. The van der Waals surface area contributed by atoms with Crippen molar-refractivity contribution in [3.05, 3.63) is 247 Å². The van der Waals surface area contributed by atoms with Crippen molar-refractivity contribution in [2.45, 2.75) is 5.41 Å². The summed E-state index contributed by atoms with van der Waals surface area (Å²) in [7, 11) is 0. The highest BCUT2D eigenvalue weighted by atomic mass is 15.1. The number of hydrogen-bond acceptors (Lipinski definition) is 1. The van der Waals surface area contributed by atoms with E-state index in [1.54, 1.807) is 0 Å². The van der Waals surface area contributed by atoms with Gasteiger partial charge in [-0.05, 0) is 107 Å². The SMILES string of the molecule is c1ccc(-c2cc3ccccc3cc2N(c2cccc3ccccc23)c2ccc3c4c(cccc24)-c2ccccc2C32c3ccccc3-c3cccc4cccc2c34)cc1. The van der Waals surface area contributed by atoms with Gasteiger partial charge in [-0.1, -0.05) is 200 Å². The van der Waals surface area contributed by atoms with Gasteiger partial charge in [0, 0.05) is 16.3 Å². The van der Waals surface area contributed by atoms with Crippen LogP contribution in [0.3, 0.4) is 0 Å². The summed E-state index contributed by atoms with van der Waals surface area (Å²) in [6.45, 7) is 0. The minimum absolute atomic E-state index is 0.547. The molecule has 0 saturated heterocycles. The Hall–Kier alpha value is -7.74. The first-order valence-corrected chi connectivity index (χ1v) is 20.9. The van der Waals surface area contributed by atoms with Crippen molar-refractivity contribution in [2.75, 3.05) is 4.90 Å². The van der Waals surface area contributed by atoms with Crippen LogP contribution in [0.25, 0.3) is 76.5 Å². The van der Waals surface area contributed by atoms with Crippen LogP contribution in [0.4, 0.5) is 17.1 Å². The molecule has 0 bridgehead atoms. The maximum atomic E-state index is 2.55. The van der Waals surface area contributed by atoms with Crippen LogP contribution in [0.15, 0.2) is 224 Å². The molecule has 13 rings (SSSR count). The number of benzene rings is 11. The molecule has 0 fully saturated rings. The smallest absolute Gasteiger partial charge is 0.0726 e. The van der Waals surface area contributed by atoms with Gasteiger partial charge < -0.3 is 4.90 Å². The molecule has 60 heavy (non-hydrogen) atoms. The summed E-state index contributed by atoms with van der Waals surface area (Å²) in [4.78, 5) is 2.55. The van der Waals surface area contributed by atoms with Crippen molar-refractivity contribution >= 4 is 60.2 Å². The average Bonchev–Trinajstić information content (AvgIpc) is 3.32. The van der Waals surface area contributed by atoms with Gasteiger partial charge in [0.2, 0.25) is 0 Å². The Bertz CT molecular complexity index is 3550. The zero-order chi connectivity index (χ0) is 39.4. The first kappa shape index (κ1) is 33.3. The first-order valence-electron chi connectivity index (χ1n) is 20.9. The predicted molar refractivity (Wildman–Crippen MR) is 253 cm³/mol. The van der Waals surface area contributed by atoms with E-state index in [1.165, 1.54) is 98.7 Å². The maximum Gasteiger partial charge on any atom is 0.0726 e. The van der Waals surface area contributed by atoms with Gasteiger partial charge in [-0.3, -0.25) is 0 Å². The lowest BCUT2D eigenvalue weighted by Crippen LogP contribution is -2.36. The first-order chi connectivity index (χ1) is 29.8. The van der Waals surface area contributed by atoms with Crippen molar-refractivity contribution in [3.63, 3.8) is 0 Å². The lowest BCUT2D eigenvalue weighted by molar-refractivity contribution is 0.754. The fraction of sp³-hybridized carbons (Fsp3) is 0.0169. The molecule has 0 amide bonds. The van der Waals surface area contributed by atoms with Crippen LogP contribution in [0.5, 0.6) is 0 Å². The monoisotopic (exact) mass is 759 g/mol. The molecule has 1 nitrogen and oxygen atoms in total. The third kappa shape index (κ3) is 4.47. The molecule has 2 aliphatic carbocycles. The highest BCUT2D eigenvalue weighted by Crippen LogP contribution is 2.62. The molecule has 0 N–H and O–H groups in total. The lowest BCUT2D eigenvalue weighted by atomic mass is 9.55. The van der Waals surface area contributed by atoms with E-state index in [0.29, 0.717) is 0 Å². The van der Waals surface area contributed by atoms with Crippen molar-refractivity contribution in [3.8, 4) is 33.4 Å².